The molecule has 4 fully saturated rings. The topological polar surface area (TPSA) is 20.2 Å². The van der Waals surface area contributed by atoms with E-state index in [0.717, 1.165) is 11.8 Å². The summed E-state index contributed by atoms with van der Waals surface area (Å²) in [6.45, 7) is 2.09. The lowest BCUT2D eigenvalue weighted by Gasteiger charge is -2.58. The molecule has 6 atom stereocenters. The minimum absolute atomic E-state index is 0.252. The first-order chi connectivity index (χ1) is 5.16. The zero-order chi connectivity index (χ0) is 7.43. The highest BCUT2D eigenvalue weighted by atomic mass is 16.3. The molecule has 1 heteroatoms. The van der Waals surface area contributed by atoms with E-state index >= 15 is 0 Å². The van der Waals surface area contributed by atoms with Crippen molar-refractivity contribution in [2.45, 2.75) is 31.8 Å². The van der Waals surface area contributed by atoms with Crippen molar-refractivity contribution in [3.8, 4) is 0 Å². The molecule has 4 saturated carbocycles. The van der Waals surface area contributed by atoms with Crippen molar-refractivity contribution in [1.82, 2.24) is 0 Å². The third-order valence-corrected chi connectivity index (χ3v) is 5.38. The van der Waals surface area contributed by atoms with E-state index in [1.807, 2.05) is 0 Å². The van der Waals surface area contributed by atoms with Crippen LogP contribution in [0.1, 0.15) is 26.2 Å². The first kappa shape index (κ1) is 5.58. The third-order valence-electron chi connectivity index (χ3n) is 5.38. The minimum Gasteiger partial charge on any atom is -0.390 e. The number of hydrogen-bond donors (Lipinski definition) is 1. The number of rotatable bonds is 0. The molecule has 0 heterocycles. The average Bonchev–Trinajstić information content (AvgIpc) is 2.53. The summed E-state index contributed by atoms with van der Waals surface area (Å²) in [5, 5.41) is 10.2. The second-order valence-electron chi connectivity index (χ2n) is 5.55. The predicted molar refractivity (Wildman–Crippen MR) is 40.9 cm³/mol. The van der Waals surface area contributed by atoms with Gasteiger partial charge in [-0.3, -0.25) is 0 Å². The SMILES string of the molecule is CC1(O)C2CC3CC4(CC14)C32. The van der Waals surface area contributed by atoms with Gasteiger partial charge in [0.2, 0.25) is 0 Å². The fourth-order valence-corrected chi connectivity index (χ4v) is 4.86. The molecule has 6 unspecified atom stereocenters. The Bertz CT molecular complexity index is 248. The molecule has 4 aliphatic carbocycles. The molecule has 1 spiro atoms. The van der Waals surface area contributed by atoms with Crippen LogP contribution in [0.15, 0.2) is 0 Å². The van der Waals surface area contributed by atoms with Crippen molar-refractivity contribution in [2.75, 3.05) is 0 Å². The summed E-state index contributed by atoms with van der Waals surface area (Å²) in [6, 6.07) is 0. The van der Waals surface area contributed by atoms with Gasteiger partial charge in [-0.1, -0.05) is 0 Å². The summed E-state index contributed by atoms with van der Waals surface area (Å²) < 4.78 is 0. The van der Waals surface area contributed by atoms with Crippen LogP contribution in [-0.4, -0.2) is 10.7 Å². The smallest absolute Gasteiger partial charge is 0.0684 e. The zero-order valence-electron chi connectivity index (χ0n) is 6.88. The fraction of sp³-hybridized carbons (Fsp3) is 1.00. The van der Waals surface area contributed by atoms with Gasteiger partial charge in [0, 0.05) is 0 Å². The van der Waals surface area contributed by atoms with E-state index in [-0.39, 0.29) is 5.60 Å². The highest BCUT2D eigenvalue weighted by molar-refractivity contribution is 5.33. The molecule has 11 heavy (non-hydrogen) atoms. The van der Waals surface area contributed by atoms with Gasteiger partial charge in [0.25, 0.3) is 0 Å². The van der Waals surface area contributed by atoms with E-state index < -0.39 is 0 Å². The Morgan fingerprint density at radius 1 is 1.36 bits per heavy atom. The van der Waals surface area contributed by atoms with E-state index in [9.17, 15) is 5.11 Å². The van der Waals surface area contributed by atoms with Crippen molar-refractivity contribution in [3.05, 3.63) is 0 Å². The minimum atomic E-state index is -0.252. The van der Waals surface area contributed by atoms with E-state index in [1.165, 1.54) is 19.3 Å². The molecule has 0 saturated heterocycles. The van der Waals surface area contributed by atoms with Crippen LogP contribution in [0.5, 0.6) is 0 Å². The molecule has 0 aromatic heterocycles. The first-order valence-corrected chi connectivity index (χ1v) is 4.89. The Labute approximate surface area is 66.8 Å². The summed E-state index contributed by atoms with van der Waals surface area (Å²) in [7, 11) is 0. The maximum atomic E-state index is 10.2. The van der Waals surface area contributed by atoms with Crippen LogP contribution in [0.3, 0.4) is 0 Å². The van der Waals surface area contributed by atoms with Gasteiger partial charge in [-0.25, -0.2) is 0 Å². The van der Waals surface area contributed by atoms with E-state index in [2.05, 4.69) is 6.92 Å². The maximum Gasteiger partial charge on any atom is 0.0684 e. The van der Waals surface area contributed by atoms with Crippen LogP contribution in [0, 0.1) is 29.1 Å². The molecule has 1 nitrogen and oxygen atoms in total. The Morgan fingerprint density at radius 3 is 2.73 bits per heavy atom. The molecule has 0 aromatic rings. The van der Waals surface area contributed by atoms with Crippen LogP contribution < -0.4 is 0 Å². The van der Waals surface area contributed by atoms with Crippen LogP contribution in [0.4, 0.5) is 0 Å². The van der Waals surface area contributed by atoms with Gasteiger partial charge < -0.3 is 5.11 Å². The molecule has 4 rings (SSSR count). The maximum absolute atomic E-state index is 10.2. The average molecular weight is 150 g/mol. The highest BCUT2D eigenvalue weighted by Gasteiger charge is 2.85. The van der Waals surface area contributed by atoms with Gasteiger partial charge in [0.15, 0.2) is 0 Å². The van der Waals surface area contributed by atoms with Crippen molar-refractivity contribution < 1.29 is 5.11 Å². The van der Waals surface area contributed by atoms with Crippen LogP contribution >= 0.6 is 0 Å². The molecule has 4 aliphatic rings. The normalized spacial score (nSPS) is 81.3. The Hall–Kier alpha value is -0.0400. The van der Waals surface area contributed by atoms with Gasteiger partial charge in [-0.2, -0.15) is 0 Å². The van der Waals surface area contributed by atoms with E-state index in [4.69, 9.17) is 0 Å². The molecule has 0 radical (unpaired) electrons. The standard InChI is InChI=1S/C10H14O/c1-9(11)6-2-5-3-10(8(5)6)4-7(9)10/h5-8,11H,2-4H2,1H3. The van der Waals surface area contributed by atoms with E-state index in [1.54, 1.807) is 0 Å². The van der Waals surface area contributed by atoms with Gasteiger partial charge in [0.05, 0.1) is 5.60 Å². The molecular formula is C10H14O. The third kappa shape index (κ3) is 0.327. The van der Waals surface area contributed by atoms with Gasteiger partial charge in [0.1, 0.15) is 0 Å². The second kappa shape index (κ2) is 1.10. The Morgan fingerprint density at radius 2 is 2.18 bits per heavy atom. The van der Waals surface area contributed by atoms with Crippen molar-refractivity contribution in [3.63, 3.8) is 0 Å². The lowest BCUT2D eigenvalue weighted by atomic mass is 9.47. The molecule has 0 aliphatic heterocycles. The number of hydrogen-bond acceptors (Lipinski definition) is 1. The molecule has 60 valence electrons. The second-order valence-corrected chi connectivity index (χ2v) is 5.55. The molecular weight excluding hydrogens is 136 g/mol. The summed E-state index contributed by atoms with van der Waals surface area (Å²) in [5.74, 6) is 3.44. The fourth-order valence-electron chi connectivity index (χ4n) is 4.86. The lowest BCUT2D eigenvalue weighted by Crippen LogP contribution is -2.54. The van der Waals surface area contributed by atoms with Crippen LogP contribution in [0.25, 0.3) is 0 Å². The molecule has 0 bridgehead atoms. The highest BCUT2D eigenvalue weighted by Crippen LogP contribution is 2.88. The zero-order valence-corrected chi connectivity index (χ0v) is 6.88. The quantitative estimate of drug-likeness (QED) is 0.553. The predicted octanol–water partition coefficient (Wildman–Crippen LogP) is 1.41. The largest absolute Gasteiger partial charge is 0.390 e. The molecule has 1 N–H and O–H groups in total. The van der Waals surface area contributed by atoms with Crippen molar-refractivity contribution in [2.24, 2.45) is 29.1 Å². The summed E-state index contributed by atoms with van der Waals surface area (Å²) >= 11 is 0. The monoisotopic (exact) mass is 150 g/mol. The lowest BCUT2D eigenvalue weighted by molar-refractivity contribution is -0.132. The summed E-state index contributed by atoms with van der Waals surface area (Å²) in [6.07, 6.45) is 4.17. The molecule has 0 aromatic carbocycles. The first-order valence-electron chi connectivity index (χ1n) is 4.89. The van der Waals surface area contributed by atoms with Gasteiger partial charge in [-0.05, 0) is 55.3 Å². The van der Waals surface area contributed by atoms with Crippen LogP contribution in [0.2, 0.25) is 0 Å². The van der Waals surface area contributed by atoms with Gasteiger partial charge in [-0.15, -0.1) is 0 Å². The summed E-state index contributed by atoms with van der Waals surface area (Å²) in [4.78, 5) is 0. The van der Waals surface area contributed by atoms with Crippen molar-refractivity contribution >= 4 is 0 Å². The molecule has 0 amide bonds. The Kier molecular flexibility index (Phi) is 0.558. The van der Waals surface area contributed by atoms with Gasteiger partial charge >= 0.3 is 0 Å². The van der Waals surface area contributed by atoms with Crippen LogP contribution in [-0.2, 0) is 0 Å². The van der Waals surface area contributed by atoms with Crippen molar-refractivity contribution in [1.29, 1.82) is 0 Å². The Balaban J connectivity index is 1.89. The van der Waals surface area contributed by atoms with E-state index in [0.29, 0.717) is 17.3 Å². The summed E-state index contributed by atoms with van der Waals surface area (Å²) in [5.41, 5.74) is 0.453. The number of aliphatic hydroxyl groups is 1.